The van der Waals surface area contributed by atoms with Crippen LogP contribution < -0.4 is 5.73 Å². The Balaban J connectivity index is 0.00000180. The minimum atomic E-state index is -3.68. The van der Waals surface area contributed by atoms with E-state index in [0.717, 1.165) is 18.7 Å². The molecule has 2 atom stereocenters. The van der Waals surface area contributed by atoms with Crippen LogP contribution in [0.15, 0.2) is 23.4 Å². The van der Waals surface area contributed by atoms with Gasteiger partial charge in [0.25, 0.3) is 0 Å². The molecular formula is C11H17ClFN3O2S. The van der Waals surface area contributed by atoms with Gasteiger partial charge in [-0.3, -0.25) is 4.98 Å². The van der Waals surface area contributed by atoms with Gasteiger partial charge in [-0.15, -0.1) is 12.4 Å². The Labute approximate surface area is 118 Å². The topological polar surface area (TPSA) is 76.3 Å². The minimum absolute atomic E-state index is 0. The number of nitrogens with zero attached hydrogens (tertiary/aromatic N) is 2. The van der Waals surface area contributed by atoms with Gasteiger partial charge in [0.15, 0.2) is 0 Å². The molecule has 2 N–H and O–H groups in total. The summed E-state index contributed by atoms with van der Waals surface area (Å²) in [4.78, 5) is 3.48. The summed E-state index contributed by atoms with van der Waals surface area (Å²) in [5, 5.41) is 0. The zero-order chi connectivity index (χ0) is 13.3. The molecule has 2 rings (SSSR count). The van der Waals surface area contributed by atoms with Gasteiger partial charge in [0.1, 0.15) is 10.7 Å². The molecule has 2 heterocycles. The molecule has 1 aliphatic heterocycles. The van der Waals surface area contributed by atoms with Gasteiger partial charge in [0.05, 0.1) is 6.20 Å². The lowest BCUT2D eigenvalue weighted by Gasteiger charge is -2.20. The first-order valence-electron chi connectivity index (χ1n) is 5.77. The van der Waals surface area contributed by atoms with Gasteiger partial charge in [0, 0.05) is 18.8 Å². The Morgan fingerprint density at radius 3 is 2.74 bits per heavy atom. The van der Waals surface area contributed by atoms with Crippen molar-refractivity contribution in [2.45, 2.75) is 24.3 Å². The van der Waals surface area contributed by atoms with E-state index < -0.39 is 15.8 Å². The van der Waals surface area contributed by atoms with Crippen molar-refractivity contribution in [1.29, 1.82) is 0 Å². The number of pyridine rings is 1. The van der Waals surface area contributed by atoms with Crippen molar-refractivity contribution in [1.82, 2.24) is 9.29 Å². The number of hydrogen-bond donors (Lipinski definition) is 1. The van der Waals surface area contributed by atoms with E-state index in [1.807, 2.05) is 6.92 Å². The predicted octanol–water partition coefficient (Wildman–Crippen LogP) is 1.00. The van der Waals surface area contributed by atoms with Gasteiger partial charge < -0.3 is 5.73 Å². The van der Waals surface area contributed by atoms with Crippen LogP contribution in [-0.4, -0.2) is 36.8 Å². The maximum absolute atomic E-state index is 13.1. The molecule has 1 fully saturated rings. The second kappa shape index (κ2) is 6.13. The Bertz CT molecular complexity index is 540. The highest BCUT2D eigenvalue weighted by Crippen LogP contribution is 2.28. The molecule has 0 bridgehead atoms. The van der Waals surface area contributed by atoms with Crippen LogP contribution >= 0.6 is 12.4 Å². The fraction of sp³-hybridized carbons (Fsp3) is 0.545. The van der Waals surface area contributed by atoms with Crippen LogP contribution in [0, 0.1) is 11.7 Å². The molecule has 5 nitrogen and oxygen atoms in total. The molecular weight excluding hydrogens is 293 g/mol. The van der Waals surface area contributed by atoms with E-state index in [1.165, 1.54) is 10.5 Å². The summed E-state index contributed by atoms with van der Waals surface area (Å²) >= 11 is 0. The maximum Gasteiger partial charge on any atom is 0.244 e. The lowest BCUT2D eigenvalue weighted by Crippen LogP contribution is -2.34. The van der Waals surface area contributed by atoms with E-state index in [0.29, 0.717) is 13.1 Å². The van der Waals surface area contributed by atoms with Gasteiger partial charge in [-0.2, -0.15) is 4.31 Å². The van der Waals surface area contributed by atoms with Gasteiger partial charge >= 0.3 is 0 Å². The van der Waals surface area contributed by atoms with Crippen LogP contribution in [0.2, 0.25) is 0 Å². The molecule has 0 amide bonds. The molecule has 8 heteroatoms. The molecule has 2 unspecified atom stereocenters. The van der Waals surface area contributed by atoms with Crippen molar-refractivity contribution in [3.63, 3.8) is 0 Å². The molecule has 108 valence electrons. The minimum Gasteiger partial charge on any atom is -0.330 e. The molecule has 1 aromatic rings. The SMILES string of the molecule is CC1CC(CN)CN1S(=O)(=O)c1cncc(F)c1.Cl. The molecule has 0 saturated carbocycles. The average molecular weight is 310 g/mol. The molecule has 0 spiro atoms. The second-order valence-electron chi connectivity index (χ2n) is 4.60. The summed E-state index contributed by atoms with van der Waals surface area (Å²) in [7, 11) is -3.68. The van der Waals surface area contributed by atoms with Crippen molar-refractivity contribution in [3.8, 4) is 0 Å². The molecule has 1 saturated heterocycles. The zero-order valence-corrected chi connectivity index (χ0v) is 12.1. The van der Waals surface area contributed by atoms with Gasteiger partial charge in [-0.25, -0.2) is 12.8 Å². The van der Waals surface area contributed by atoms with Crippen LogP contribution in [0.3, 0.4) is 0 Å². The largest absolute Gasteiger partial charge is 0.330 e. The number of aromatic nitrogens is 1. The van der Waals surface area contributed by atoms with Crippen LogP contribution in [0.1, 0.15) is 13.3 Å². The standard InChI is InChI=1S/C11H16FN3O2S.ClH/c1-8-2-9(4-13)7-15(8)18(16,17)11-3-10(12)5-14-6-11;/h3,5-6,8-9H,2,4,7,13H2,1H3;1H. The maximum atomic E-state index is 13.1. The highest BCUT2D eigenvalue weighted by atomic mass is 35.5. The van der Waals surface area contributed by atoms with E-state index in [9.17, 15) is 12.8 Å². The van der Waals surface area contributed by atoms with Gasteiger partial charge in [-0.05, 0) is 31.9 Å². The predicted molar refractivity (Wildman–Crippen MR) is 72.0 cm³/mol. The number of sulfonamides is 1. The smallest absolute Gasteiger partial charge is 0.244 e. The zero-order valence-electron chi connectivity index (χ0n) is 10.5. The first-order chi connectivity index (χ1) is 8.45. The number of halogens is 2. The molecule has 0 aromatic carbocycles. The van der Waals surface area contributed by atoms with Crippen LogP contribution in [0.4, 0.5) is 4.39 Å². The van der Waals surface area contributed by atoms with Crippen molar-refractivity contribution in [2.24, 2.45) is 11.7 Å². The summed E-state index contributed by atoms with van der Waals surface area (Å²) in [5.41, 5.74) is 5.57. The monoisotopic (exact) mass is 309 g/mol. The van der Waals surface area contributed by atoms with Gasteiger partial charge in [0.2, 0.25) is 10.0 Å². The Morgan fingerprint density at radius 1 is 1.53 bits per heavy atom. The number of hydrogen-bond acceptors (Lipinski definition) is 4. The van der Waals surface area contributed by atoms with Gasteiger partial charge in [-0.1, -0.05) is 0 Å². The third kappa shape index (κ3) is 3.22. The average Bonchev–Trinajstić information content (AvgIpc) is 2.71. The van der Waals surface area contributed by atoms with E-state index in [2.05, 4.69) is 4.98 Å². The summed E-state index contributed by atoms with van der Waals surface area (Å²) in [6.07, 6.45) is 2.88. The summed E-state index contributed by atoms with van der Waals surface area (Å²) in [6, 6.07) is 0.872. The second-order valence-corrected chi connectivity index (χ2v) is 6.49. The van der Waals surface area contributed by atoms with Crippen LogP contribution in [0.5, 0.6) is 0 Å². The first-order valence-corrected chi connectivity index (χ1v) is 7.21. The third-order valence-corrected chi connectivity index (χ3v) is 5.17. The molecule has 0 radical (unpaired) electrons. The van der Waals surface area contributed by atoms with E-state index in [1.54, 1.807) is 0 Å². The number of rotatable bonds is 3. The fourth-order valence-corrected chi connectivity index (χ4v) is 3.98. The molecule has 0 aliphatic carbocycles. The quantitative estimate of drug-likeness (QED) is 0.904. The Hall–Kier alpha value is -0.760. The molecule has 19 heavy (non-hydrogen) atoms. The first kappa shape index (κ1) is 16.3. The summed E-state index contributed by atoms with van der Waals surface area (Å²) < 4.78 is 39.1. The lowest BCUT2D eigenvalue weighted by atomic mass is 10.1. The fourth-order valence-electron chi connectivity index (χ4n) is 2.28. The van der Waals surface area contributed by atoms with Crippen molar-refractivity contribution >= 4 is 22.4 Å². The highest BCUT2D eigenvalue weighted by molar-refractivity contribution is 7.89. The van der Waals surface area contributed by atoms with E-state index >= 15 is 0 Å². The summed E-state index contributed by atoms with van der Waals surface area (Å²) in [6.45, 7) is 2.67. The molecule has 1 aromatic heterocycles. The number of nitrogens with two attached hydrogens (primary N) is 1. The van der Waals surface area contributed by atoms with Crippen LogP contribution in [-0.2, 0) is 10.0 Å². The Morgan fingerprint density at radius 2 is 2.21 bits per heavy atom. The normalized spacial score (nSPS) is 24.2. The Kier molecular flexibility index (Phi) is 5.26. The molecule has 1 aliphatic rings. The third-order valence-electron chi connectivity index (χ3n) is 3.22. The van der Waals surface area contributed by atoms with Crippen molar-refractivity contribution in [2.75, 3.05) is 13.1 Å². The van der Waals surface area contributed by atoms with Crippen LogP contribution in [0.25, 0.3) is 0 Å². The highest BCUT2D eigenvalue weighted by Gasteiger charge is 2.37. The van der Waals surface area contributed by atoms with Crippen molar-refractivity contribution < 1.29 is 12.8 Å². The van der Waals surface area contributed by atoms with Crippen molar-refractivity contribution in [3.05, 3.63) is 24.3 Å². The lowest BCUT2D eigenvalue weighted by molar-refractivity contribution is 0.404. The van der Waals surface area contributed by atoms with E-state index in [4.69, 9.17) is 5.73 Å². The summed E-state index contributed by atoms with van der Waals surface area (Å²) in [5.74, 6) is -0.491. The van der Waals surface area contributed by atoms with E-state index in [-0.39, 0.29) is 29.3 Å².